The van der Waals surface area contributed by atoms with Crippen LogP contribution >= 0.6 is 34.2 Å². The first-order valence-corrected chi connectivity index (χ1v) is 7.19. The molecule has 20 heavy (non-hydrogen) atoms. The predicted octanol–water partition coefficient (Wildman–Crippen LogP) is 4.84. The molecule has 0 aliphatic carbocycles. The first-order chi connectivity index (χ1) is 9.22. The van der Waals surface area contributed by atoms with Crippen LogP contribution in [0.3, 0.4) is 0 Å². The average Bonchev–Trinajstić information content (AvgIpc) is 2.66. The summed E-state index contributed by atoms with van der Waals surface area (Å²) in [7, 11) is 0. The van der Waals surface area contributed by atoms with E-state index in [-0.39, 0.29) is 5.82 Å². The minimum Gasteiger partial charge on any atom is -0.320 e. The molecular formula is C12H10ClF4IN2. The first kappa shape index (κ1) is 15.8. The van der Waals surface area contributed by atoms with E-state index in [0.717, 1.165) is 8.14 Å². The third kappa shape index (κ3) is 3.03. The van der Waals surface area contributed by atoms with Crippen LogP contribution in [-0.2, 0) is 6.54 Å². The Morgan fingerprint density at radius 2 is 2.05 bits per heavy atom. The molecule has 0 aliphatic heterocycles. The van der Waals surface area contributed by atoms with Crippen LogP contribution in [-0.4, -0.2) is 21.9 Å². The van der Waals surface area contributed by atoms with Crippen LogP contribution in [0, 0.1) is 3.57 Å². The van der Waals surface area contributed by atoms with Gasteiger partial charge < -0.3 is 4.57 Å². The molecule has 2 rings (SSSR count). The highest BCUT2D eigenvalue weighted by Gasteiger charge is 2.42. The fraction of sp³-hybridized carbons (Fsp3) is 0.417. The highest BCUT2D eigenvalue weighted by molar-refractivity contribution is 14.1. The minimum absolute atomic E-state index is 0.156. The number of hydrogen-bond acceptors (Lipinski definition) is 1. The summed E-state index contributed by atoms with van der Waals surface area (Å²) in [5.41, 5.74) is 0.831. The number of alkyl halides is 5. The molecular weight excluding hydrogens is 410 g/mol. The Kier molecular flexibility index (Phi) is 4.48. The maximum atomic E-state index is 13.3. The zero-order valence-electron chi connectivity index (χ0n) is 10.3. The maximum Gasteiger partial charge on any atom is 0.324 e. The molecule has 8 heteroatoms. The molecule has 0 saturated heterocycles. The Labute approximate surface area is 131 Å². The summed E-state index contributed by atoms with van der Waals surface area (Å²) in [5.74, 6) is -3.97. The standard InChI is InChI=1S/C12H10ClF4IN2/c1-6(13)10-19-8-4-7(18)2-3-9(8)20(10)5-12(16,17)11(14)15/h2-4,6,11H,5H2,1H3. The van der Waals surface area contributed by atoms with Gasteiger partial charge in [0.2, 0.25) is 0 Å². The predicted molar refractivity (Wildman–Crippen MR) is 77.7 cm³/mol. The van der Waals surface area contributed by atoms with Crippen molar-refractivity contribution >= 4 is 45.2 Å². The van der Waals surface area contributed by atoms with Gasteiger partial charge in [-0.25, -0.2) is 13.8 Å². The van der Waals surface area contributed by atoms with Crippen LogP contribution in [0.4, 0.5) is 17.6 Å². The number of nitrogens with zero attached hydrogens (tertiary/aromatic N) is 2. The van der Waals surface area contributed by atoms with E-state index >= 15 is 0 Å². The molecule has 0 radical (unpaired) electrons. The van der Waals surface area contributed by atoms with E-state index in [1.807, 2.05) is 0 Å². The van der Waals surface area contributed by atoms with E-state index in [0.29, 0.717) is 11.0 Å². The van der Waals surface area contributed by atoms with Crippen molar-refractivity contribution in [2.75, 3.05) is 0 Å². The summed E-state index contributed by atoms with van der Waals surface area (Å²) < 4.78 is 53.3. The van der Waals surface area contributed by atoms with Gasteiger partial charge >= 0.3 is 12.3 Å². The van der Waals surface area contributed by atoms with Crippen molar-refractivity contribution in [3.8, 4) is 0 Å². The van der Waals surface area contributed by atoms with Crippen LogP contribution < -0.4 is 0 Å². The lowest BCUT2D eigenvalue weighted by molar-refractivity contribution is -0.137. The number of fused-ring (bicyclic) bond motifs is 1. The van der Waals surface area contributed by atoms with Gasteiger partial charge in [-0.1, -0.05) is 0 Å². The summed E-state index contributed by atoms with van der Waals surface area (Å²) in [6.07, 6.45) is -3.73. The molecule has 0 aliphatic rings. The lowest BCUT2D eigenvalue weighted by Crippen LogP contribution is -2.32. The summed E-state index contributed by atoms with van der Waals surface area (Å²) in [4.78, 5) is 4.16. The summed E-state index contributed by atoms with van der Waals surface area (Å²) in [6.45, 7) is 0.416. The Morgan fingerprint density at radius 1 is 1.40 bits per heavy atom. The first-order valence-electron chi connectivity index (χ1n) is 5.68. The van der Waals surface area contributed by atoms with Gasteiger partial charge in [0, 0.05) is 3.57 Å². The SMILES string of the molecule is CC(Cl)c1nc2cc(I)ccc2n1CC(F)(F)C(F)F. The van der Waals surface area contributed by atoms with Crippen molar-refractivity contribution in [3.05, 3.63) is 27.6 Å². The van der Waals surface area contributed by atoms with Gasteiger partial charge in [-0.3, -0.25) is 0 Å². The van der Waals surface area contributed by atoms with Gasteiger partial charge in [-0.15, -0.1) is 11.6 Å². The van der Waals surface area contributed by atoms with Crippen molar-refractivity contribution in [1.82, 2.24) is 9.55 Å². The van der Waals surface area contributed by atoms with Crippen LogP contribution in [0.15, 0.2) is 18.2 Å². The Balaban J connectivity index is 2.57. The second-order valence-corrected chi connectivity index (χ2v) is 6.27. The van der Waals surface area contributed by atoms with E-state index in [2.05, 4.69) is 27.6 Å². The Morgan fingerprint density at radius 3 is 2.60 bits per heavy atom. The van der Waals surface area contributed by atoms with Gasteiger partial charge in [-0.2, -0.15) is 8.78 Å². The largest absolute Gasteiger partial charge is 0.324 e. The van der Waals surface area contributed by atoms with Crippen LogP contribution in [0.1, 0.15) is 18.1 Å². The molecule has 2 aromatic rings. The van der Waals surface area contributed by atoms with E-state index in [1.165, 1.54) is 0 Å². The molecule has 1 unspecified atom stereocenters. The van der Waals surface area contributed by atoms with Crippen molar-refractivity contribution < 1.29 is 17.6 Å². The molecule has 1 heterocycles. The molecule has 0 saturated carbocycles. The van der Waals surface area contributed by atoms with Crippen LogP contribution in [0.2, 0.25) is 0 Å². The molecule has 2 nitrogen and oxygen atoms in total. The normalized spacial score (nSPS) is 14.2. The Bertz CT molecular complexity index is 627. The second-order valence-electron chi connectivity index (χ2n) is 4.37. The molecule has 0 N–H and O–H groups in total. The lowest BCUT2D eigenvalue weighted by Gasteiger charge is -2.18. The van der Waals surface area contributed by atoms with Crippen molar-refractivity contribution in [3.63, 3.8) is 0 Å². The van der Waals surface area contributed by atoms with Gasteiger partial charge in [0.05, 0.1) is 23.0 Å². The van der Waals surface area contributed by atoms with Gasteiger partial charge in [-0.05, 0) is 47.7 Å². The number of imidazole rings is 1. The van der Waals surface area contributed by atoms with E-state index in [9.17, 15) is 17.6 Å². The number of rotatable bonds is 4. The number of aromatic nitrogens is 2. The second kappa shape index (κ2) is 5.67. The van der Waals surface area contributed by atoms with Gasteiger partial charge in [0.25, 0.3) is 0 Å². The number of benzene rings is 1. The summed E-state index contributed by atoms with van der Waals surface area (Å²) in [6, 6.07) is 4.97. The van der Waals surface area contributed by atoms with Crippen molar-refractivity contribution in [2.45, 2.75) is 31.2 Å². The summed E-state index contributed by atoms with van der Waals surface area (Å²) in [5, 5.41) is -0.659. The fourth-order valence-electron chi connectivity index (χ4n) is 1.87. The fourth-order valence-corrected chi connectivity index (χ4v) is 2.51. The third-order valence-electron chi connectivity index (χ3n) is 2.78. The van der Waals surface area contributed by atoms with E-state index < -0.39 is 24.3 Å². The van der Waals surface area contributed by atoms with E-state index in [4.69, 9.17) is 11.6 Å². The number of halogens is 6. The maximum absolute atomic E-state index is 13.3. The molecule has 1 atom stereocenters. The highest BCUT2D eigenvalue weighted by atomic mass is 127. The van der Waals surface area contributed by atoms with Crippen LogP contribution in [0.5, 0.6) is 0 Å². The van der Waals surface area contributed by atoms with Gasteiger partial charge in [0.15, 0.2) is 0 Å². The smallest absolute Gasteiger partial charge is 0.320 e. The molecule has 0 fully saturated rings. The molecule has 1 aromatic heterocycles. The topological polar surface area (TPSA) is 17.8 Å². The third-order valence-corrected chi connectivity index (χ3v) is 3.65. The van der Waals surface area contributed by atoms with Crippen LogP contribution in [0.25, 0.3) is 11.0 Å². The number of hydrogen-bond donors (Lipinski definition) is 0. The monoisotopic (exact) mass is 420 g/mol. The molecule has 0 amide bonds. The molecule has 0 spiro atoms. The lowest BCUT2D eigenvalue weighted by atomic mass is 10.3. The summed E-state index contributed by atoms with van der Waals surface area (Å²) >= 11 is 7.97. The minimum atomic E-state index is -4.13. The van der Waals surface area contributed by atoms with Crippen molar-refractivity contribution in [2.24, 2.45) is 0 Å². The molecule has 110 valence electrons. The molecule has 0 bridgehead atoms. The Hall–Kier alpha value is -0.570. The quantitative estimate of drug-likeness (QED) is 0.393. The zero-order chi connectivity index (χ0) is 15.1. The molecule has 1 aromatic carbocycles. The van der Waals surface area contributed by atoms with E-state index in [1.54, 1.807) is 25.1 Å². The van der Waals surface area contributed by atoms with Crippen molar-refractivity contribution in [1.29, 1.82) is 0 Å². The highest BCUT2D eigenvalue weighted by Crippen LogP contribution is 2.31. The van der Waals surface area contributed by atoms with Gasteiger partial charge in [0.1, 0.15) is 5.82 Å². The zero-order valence-corrected chi connectivity index (χ0v) is 13.2. The average molecular weight is 421 g/mol.